The van der Waals surface area contributed by atoms with E-state index in [0.29, 0.717) is 0 Å². The first-order valence-electron chi connectivity index (χ1n) is 8.58. The van der Waals surface area contributed by atoms with Crippen LogP contribution in [0.3, 0.4) is 0 Å². The lowest BCUT2D eigenvalue weighted by Gasteiger charge is -2.04. The van der Waals surface area contributed by atoms with Crippen LogP contribution in [-0.4, -0.2) is 12.5 Å². The molecule has 0 aliphatic heterocycles. The van der Waals surface area contributed by atoms with Gasteiger partial charge in [-0.2, -0.15) is 0 Å². The fourth-order valence-electron chi connectivity index (χ4n) is 2.27. The molecule has 0 saturated heterocycles. The molecule has 0 fully saturated rings. The third-order valence-corrected chi connectivity index (χ3v) is 3.61. The van der Waals surface area contributed by atoms with Crippen LogP contribution in [0, 0.1) is 0 Å². The van der Waals surface area contributed by atoms with Gasteiger partial charge in [-0.3, -0.25) is 4.79 Å². The zero-order valence-corrected chi connectivity index (χ0v) is 13.3. The standard InChI is InChI=1S/C17H35NO/c1-3-5-7-8-9-10-11-12-13-14-15-17(19)18-16-6-4-2/h3-16H2,1-2H3,(H,18,19). The van der Waals surface area contributed by atoms with Gasteiger partial charge in [-0.15, -0.1) is 0 Å². The summed E-state index contributed by atoms with van der Waals surface area (Å²) in [6.45, 7) is 5.26. The van der Waals surface area contributed by atoms with Crippen molar-refractivity contribution in [1.82, 2.24) is 5.32 Å². The molecule has 0 atom stereocenters. The van der Waals surface area contributed by atoms with E-state index < -0.39 is 0 Å². The van der Waals surface area contributed by atoms with Gasteiger partial charge in [-0.05, 0) is 12.8 Å². The molecule has 0 aromatic heterocycles. The van der Waals surface area contributed by atoms with Crippen molar-refractivity contribution in [1.29, 1.82) is 0 Å². The fourth-order valence-corrected chi connectivity index (χ4v) is 2.27. The molecule has 0 aliphatic carbocycles. The van der Waals surface area contributed by atoms with Crippen LogP contribution in [-0.2, 0) is 4.79 Å². The van der Waals surface area contributed by atoms with E-state index in [0.717, 1.165) is 32.2 Å². The van der Waals surface area contributed by atoms with E-state index in [2.05, 4.69) is 19.2 Å². The average molecular weight is 269 g/mol. The topological polar surface area (TPSA) is 29.1 Å². The lowest BCUT2D eigenvalue weighted by Crippen LogP contribution is -2.23. The van der Waals surface area contributed by atoms with Crippen molar-refractivity contribution in [2.75, 3.05) is 6.54 Å². The summed E-state index contributed by atoms with van der Waals surface area (Å²) in [6.07, 6.45) is 16.2. The van der Waals surface area contributed by atoms with Crippen molar-refractivity contribution in [3.05, 3.63) is 0 Å². The molecule has 0 radical (unpaired) electrons. The van der Waals surface area contributed by atoms with E-state index >= 15 is 0 Å². The Morgan fingerprint density at radius 2 is 1.16 bits per heavy atom. The Balaban J connectivity index is 3.07. The number of hydrogen-bond acceptors (Lipinski definition) is 1. The molecule has 0 bridgehead atoms. The second kappa shape index (κ2) is 15.5. The van der Waals surface area contributed by atoms with Crippen molar-refractivity contribution in [3.63, 3.8) is 0 Å². The minimum Gasteiger partial charge on any atom is -0.356 e. The van der Waals surface area contributed by atoms with Crippen LogP contribution in [0.4, 0.5) is 0 Å². The monoisotopic (exact) mass is 269 g/mol. The predicted octanol–water partition coefficient (Wildman–Crippen LogP) is 5.21. The second-order valence-corrected chi connectivity index (χ2v) is 5.64. The molecule has 114 valence electrons. The van der Waals surface area contributed by atoms with Crippen molar-refractivity contribution < 1.29 is 4.79 Å². The predicted molar refractivity (Wildman–Crippen MR) is 84.4 cm³/mol. The number of carbonyl (C=O) groups is 1. The highest BCUT2D eigenvalue weighted by molar-refractivity contribution is 5.75. The molecule has 0 heterocycles. The maximum atomic E-state index is 11.4. The summed E-state index contributed by atoms with van der Waals surface area (Å²) in [5.41, 5.74) is 0. The van der Waals surface area contributed by atoms with Gasteiger partial charge in [0.2, 0.25) is 5.91 Å². The maximum absolute atomic E-state index is 11.4. The van der Waals surface area contributed by atoms with Crippen LogP contribution in [0.25, 0.3) is 0 Å². The van der Waals surface area contributed by atoms with Crippen molar-refractivity contribution in [2.45, 2.75) is 97.3 Å². The van der Waals surface area contributed by atoms with Crippen LogP contribution < -0.4 is 5.32 Å². The summed E-state index contributed by atoms with van der Waals surface area (Å²) in [4.78, 5) is 11.4. The highest BCUT2D eigenvalue weighted by Crippen LogP contribution is 2.11. The Morgan fingerprint density at radius 1 is 0.684 bits per heavy atom. The van der Waals surface area contributed by atoms with E-state index in [1.165, 1.54) is 57.8 Å². The van der Waals surface area contributed by atoms with Gasteiger partial charge < -0.3 is 5.32 Å². The zero-order valence-electron chi connectivity index (χ0n) is 13.3. The van der Waals surface area contributed by atoms with E-state index in [9.17, 15) is 4.79 Å². The van der Waals surface area contributed by atoms with Gasteiger partial charge in [0.15, 0.2) is 0 Å². The number of hydrogen-bond donors (Lipinski definition) is 1. The first-order chi connectivity index (χ1) is 9.31. The third-order valence-electron chi connectivity index (χ3n) is 3.61. The maximum Gasteiger partial charge on any atom is 0.219 e. The number of rotatable bonds is 14. The summed E-state index contributed by atoms with van der Waals surface area (Å²) in [5, 5.41) is 2.98. The van der Waals surface area contributed by atoms with Gasteiger partial charge in [0.1, 0.15) is 0 Å². The molecule has 0 spiro atoms. The molecule has 2 nitrogen and oxygen atoms in total. The summed E-state index contributed by atoms with van der Waals surface area (Å²) in [6, 6.07) is 0. The van der Waals surface area contributed by atoms with Crippen molar-refractivity contribution >= 4 is 5.91 Å². The number of unbranched alkanes of at least 4 members (excludes halogenated alkanes) is 10. The van der Waals surface area contributed by atoms with Crippen LogP contribution in [0.5, 0.6) is 0 Å². The summed E-state index contributed by atoms with van der Waals surface area (Å²) >= 11 is 0. The normalized spacial score (nSPS) is 10.6. The molecule has 0 saturated carbocycles. The Kier molecular flexibility index (Phi) is 15.1. The molecule has 1 amide bonds. The summed E-state index contributed by atoms with van der Waals surface area (Å²) in [5.74, 6) is 0.244. The highest BCUT2D eigenvalue weighted by atomic mass is 16.1. The smallest absolute Gasteiger partial charge is 0.219 e. The van der Waals surface area contributed by atoms with Crippen LogP contribution in [0.1, 0.15) is 97.3 Å². The minimum atomic E-state index is 0.244. The number of carbonyl (C=O) groups excluding carboxylic acids is 1. The van der Waals surface area contributed by atoms with Gasteiger partial charge in [-0.1, -0.05) is 78.1 Å². The Bertz CT molecular complexity index is 192. The first-order valence-corrected chi connectivity index (χ1v) is 8.58. The third kappa shape index (κ3) is 15.4. The summed E-state index contributed by atoms with van der Waals surface area (Å²) in [7, 11) is 0. The van der Waals surface area contributed by atoms with E-state index in [1.54, 1.807) is 0 Å². The van der Waals surface area contributed by atoms with Crippen molar-refractivity contribution in [2.24, 2.45) is 0 Å². The molecule has 2 heteroatoms. The average Bonchev–Trinajstić information content (AvgIpc) is 2.41. The zero-order chi connectivity index (χ0) is 14.2. The lowest BCUT2D eigenvalue weighted by molar-refractivity contribution is -0.121. The molecule has 0 aromatic rings. The molecule has 19 heavy (non-hydrogen) atoms. The van der Waals surface area contributed by atoms with Gasteiger partial charge in [0.05, 0.1) is 0 Å². The lowest BCUT2D eigenvalue weighted by atomic mass is 10.1. The number of nitrogens with one attached hydrogen (secondary N) is 1. The molecular weight excluding hydrogens is 234 g/mol. The first kappa shape index (κ1) is 18.5. The SMILES string of the molecule is CCCCCCCCCCCCC(=O)NCCCC. The second-order valence-electron chi connectivity index (χ2n) is 5.64. The molecule has 0 aliphatic rings. The van der Waals surface area contributed by atoms with Gasteiger partial charge >= 0.3 is 0 Å². The largest absolute Gasteiger partial charge is 0.356 e. The van der Waals surface area contributed by atoms with Crippen LogP contribution >= 0.6 is 0 Å². The number of amides is 1. The molecule has 1 N–H and O–H groups in total. The Morgan fingerprint density at radius 3 is 1.68 bits per heavy atom. The molecule has 0 unspecified atom stereocenters. The van der Waals surface area contributed by atoms with Crippen molar-refractivity contribution in [3.8, 4) is 0 Å². The van der Waals surface area contributed by atoms with Gasteiger partial charge in [0, 0.05) is 13.0 Å². The van der Waals surface area contributed by atoms with Crippen LogP contribution in [0.2, 0.25) is 0 Å². The quantitative estimate of drug-likeness (QED) is 0.431. The molecule has 0 rings (SSSR count). The van der Waals surface area contributed by atoms with E-state index in [4.69, 9.17) is 0 Å². The van der Waals surface area contributed by atoms with E-state index in [1.807, 2.05) is 0 Å². The Labute approximate surface area is 120 Å². The van der Waals surface area contributed by atoms with E-state index in [-0.39, 0.29) is 5.91 Å². The Hall–Kier alpha value is -0.530. The van der Waals surface area contributed by atoms with Gasteiger partial charge in [0.25, 0.3) is 0 Å². The van der Waals surface area contributed by atoms with Crippen LogP contribution in [0.15, 0.2) is 0 Å². The molecule has 0 aromatic carbocycles. The minimum absolute atomic E-state index is 0.244. The summed E-state index contributed by atoms with van der Waals surface area (Å²) < 4.78 is 0. The van der Waals surface area contributed by atoms with Gasteiger partial charge in [-0.25, -0.2) is 0 Å². The highest BCUT2D eigenvalue weighted by Gasteiger charge is 1.99. The fraction of sp³-hybridized carbons (Fsp3) is 0.941. The molecular formula is C17H35NO.